The number of para-hydroxylation sites is 1. The highest BCUT2D eigenvalue weighted by Crippen LogP contribution is 2.32. The summed E-state index contributed by atoms with van der Waals surface area (Å²) in [6, 6.07) is 9.47. The Morgan fingerprint density at radius 1 is 0.917 bits per heavy atom. The van der Waals surface area contributed by atoms with E-state index in [0.717, 1.165) is 13.1 Å². The summed E-state index contributed by atoms with van der Waals surface area (Å²) in [7, 11) is -6.63. The molecule has 0 aliphatic heterocycles. The molecule has 0 amide bonds. The van der Waals surface area contributed by atoms with Crippen molar-refractivity contribution < 1.29 is 21.6 Å². The van der Waals surface area contributed by atoms with Gasteiger partial charge in [-0.25, -0.2) is 16.8 Å². The molecule has 130 valence electrons. The lowest BCUT2D eigenvalue weighted by Gasteiger charge is -2.19. The summed E-state index contributed by atoms with van der Waals surface area (Å²) in [6.45, 7) is 0. The molecule has 0 saturated heterocycles. The molecule has 10 heteroatoms. The van der Waals surface area contributed by atoms with Crippen molar-refractivity contribution in [3.05, 3.63) is 52.5 Å². The van der Waals surface area contributed by atoms with Crippen LogP contribution in [-0.2, 0) is 20.0 Å². The second-order valence-electron chi connectivity index (χ2n) is 4.62. The fourth-order valence-electron chi connectivity index (χ4n) is 1.91. The van der Waals surface area contributed by atoms with Crippen molar-refractivity contribution in [1.29, 1.82) is 0 Å². The Morgan fingerprint density at radius 2 is 1.50 bits per heavy atom. The predicted molar refractivity (Wildman–Crippen MR) is 91.6 cm³/mol. The minimum absolute atomic E-state index is 0.0248. The second-order valence-corrected chi connectivity index (χ2v) is 9.57. The Hall–Kier alpha value is -1.32. The van der Waals surface area contributed by atoms with E-state index in [-0.39, 0.29) is 24.4 Å². The SMILES string of the molecule is COc1ccccc1S(=O)(=O)N(C)S(=O)(=O)c1cc(Cl)ccc1Cl. The molecule has 2 rings (SSSR count). The van der Waals surface area contributed by atoms with Crippen molar-refractivity contribution >= 4 is 43.2 Å². The summed E-state index contributed by atoms with van der Waals surface area (Å²) in [5, 5.41) is -0.0254. The molecule has 0 radical (unpaired) electrons. The van der Waals surface area contributed by atoms with Gasteiger partial charge in [0.15, 0.2) is 0 Å². The van der Waals surface area contributed by atoms with Crippen LogP contribution in [0.25, 0.3) is 0 Å². The fourth-order valence-corrected chi connectivity index (χ4v) is 5.88. The van der Waals surface area contributed by atoms with E-state index in [2.05, 4.69) is 0 Å². The van der Waals surface area contributed by atoms with E-state index in [1.165, 1.54) is 37.4 Å². The van der Waals surface area contributed by atoms with Gasteiger partial charge in [0.2, 0.25) is 0 Å². The van der Waals surface area contributed by atoms with E-state index in [1.807, 2.05) is 0 Å². The molecule has 0 spiro atoms. The highest BCUT2D eigenvalue weighted by molar-refractivity contribution is 8.04. The van der Waals surface area contributed by atoms with Crippen molar-refractivity contribution in [2.45, 2.75) is 9.79 Å². The highest BCUT2D eigenvalue weighted by atomic mass is 35.5. The summed E-state index contributed by atoms with van der Waals surface area (Å²) in [5.41, 5.74) is 0. The molecule has 24 heavy (non-hydrogen) atoms. The topological polar surface area (TPSA) is 80.8 Å². The number of nitrogens with zero attached hydrogens (tertiary/aromatic N) is 1. The van der Waals surface area contributed by atoms with Gasteiger partial charge in [0.25, 0.3) is 20.0 Å². The van der Waals surface area contributed by atoms with E-state index in [9.17, 15) is 16.8 Å². The molecule has 0 aliphatic carbocycles. The molecular formula is C14H13Cl2NO5S2. The first-order valence-electron chi connectivity index (χ1n) is 6.44. The van der Waals surface area contributed by atoms with Crippen LogP contribution >= 0.6 is 23.2 Å². The van der Waals surface area contributed by atoms with Crippen LogP contribution < -0.4 is 4.74 Å². The maximum Gasteiger partial charge on any atom is 0.259 e. The number of sulfonamides is 2. The molecule has 6 nitrogen and oxygen atoms in total. The van der Waals surface area contributed by atoms with Gasteiger partial charge in [-0.3, -0.25) is 0 Å². The zero-order valence-electron chi connectivity index (χ0n) is 12.6. The van der Waals surface area contributed by atoms with Gasteiger partial charge in [-0.1, -0.05) is 39.0 Å². The molecule has 0 unspecified atom stereocenters. The van der Waals surface area contributed by atoms with Gasteiger partial charge in [0, 0.05) is 12.1 Å². The highest BCUT2D eigenvalue weighted by Gasteiger charge is 2.36. The fraction of sp³-hybridized carbons (Fsp3) is 0.143. The number of rotatable bonds is 5. The van der Waals surface area contributed by atoms with Gasteiger partial charge < -0.3 is 4.74 Å². The second kappa shape index (κ2) is 6.89. The van der Waals surface area contributed by atoms with E-state index in [1.54, 1.807) is 6.07 Å². The minimum Gasteiger partial charge on any atom is -0.495 e. The number of hydrogen-bond acceptors (Lipinski definition) is 5. The molecule has 0 aliphatic rings. The maximum atomic E-state index is 12.7. The average Bonchev–Trinajstić information content (AvgIpc) is 2.56. The average molecular weight is 410 g/mol. The third-order valence-corrected chi connectivity index (χ3v) is 8.19. The van der Waals surface area contributed by atoms with Crippen LogP contribution in [0.2, 0.25) is 10.0 Å². The van der Waals surface area contributed by atoms with Gasteiger partial charge in [0.1, 0.15) is 15.5 Å². The summed E-state index contributed by atoms with van der Waals surface area (Å²) in [6.07, 6.45) is 0. The number of ether oxygens (including phenoxy) is 1. The van der Waals surface area contributed by atoms with Crippen LogP contribution in [0.5, 0.6) is 5.75 Å². The molecule has 0 N–H and O–H groups in total. The van der Waals surface area contributed by atoms with Crippen LogP contribution in [0.15, 0.2) is 52.3 Å². The predicted octanol–water partition coefficient (Wildman–Crippen LogP) is 3.01. The Labute approximate surface area is 150 Å². The Morgan fingerprint density at radius 3 is 2.12 bits per heavy atom. The molecule has 0 bridgehead atoms. The molecule has 2 aromatic rings. The first-order chi connectivity index (χ1) is 11.1. The van der Waals surface area contributed by atoms with Gasteiger partial charge in [-0.05, 0) is 30.3 Å². The number of methoxy groups -OCH3 is 1. The van der Waals surface area contributed by atoms with Crippen molar-refractivity contribution in [2.75, 3.05) is 14.2 Å². The smallest absolute Gasteiger partial charge is 0.259 e. The molecule has 0 aromatic heterocycles. The molecule has 2 aromatic carbocycles. The zero-order valence-corrected chi connectivity index (χ0v) is 15.7. The molecule has 0 fully saturated rings. The van der Waals surface area contributed by atoms with Crippen molar-refractivity contribution in [1.82, 2.24) is 3.71 Å². The van der Waals surface area contributed by atoms with E-state index < -0.39 is 24.9 Å². The largest absolute Gasteiger partial charge is 0.495 e. The molecule has 0 saturated carbocycles. The van der Waals surface area contributed by atoms with Crippen LogP contribution in [0.1, 0.15) is 0 Å². The summed E-state index contributed by atoms with van der Waals surface area (Å²) in [5.74, 6) is 0.0248. The molecule has 0 heterocycles. The van der Waals surface area contributed by atoms with Gasteiger partial charge in [-0.2, -0.15) is 0 Å². The molecule has 0 atom stereocenters. The number of halogens is 2. The number of hydrogen-bond donors (Lipinski definition) is 0. The van der Waals surface area contributed by atoms with Crippen molar-refractivity contribution in [2.24, 2.45) is 0 Å². The Bertz CT molecular complexity index is 974. The van der Waals surface area contributed by atoms with Crippen LogP contribution in [0.4, 0.5) is 0 Å². The van der Waals surface area contributed by atoms with E-state index in [4.69, 9.17) is 27.9 Å². The third-order valence-electron chi connectivity index (χ3n) is 3.20. The van der Waals surface area contributed by atoms with Gasteiger partial charge in [-0.15, -0.1) is 0 Å². The summed E-state index contributed by atoms with van der Waals surface area (Å²) >= 11 is 11.7. The summed E-state index contributed by atoms with van der Waals surface area (Å²) in [4.78, 5) is -0.686. The van der Waals surface area contributed by atoms with E-state index in [0.29, 0.717) is 0 Å². The van der Waals surface area contributed by atoms with Crippen LogP contribution in [-0.4, -0.2) is 34.7 Å². The molecular weight excluding hydrogens is 397 g/mol. The Kier molecular flexibility index (Phi) is 5.46. The van der Waals surface area contributed by atoms with Crippen LogP contribution in [0.3, 0.4) is 0 Å². The van der Waals surface area contributed by atoms with E-state index >= 15 is 0 Å². The first kappa shape index (κ1) is 19.0. The Balaban J connectivity index is 2.61. The normalized spacial score (nSPS) is 12.4. The standard InChI is InChI=1S/C14H13Cl2NO5S2/c1-17(23(18,19)13-6-4-3-5-12(13)22-2)24(20,21)14-9-10(15)7-8-11(14)16/h3-9H,1-2H3. The van der Waals surface area contributed by atoms with Gasteiger partial charge in [0.05, 0.1) is 12.1 Å². The minimum atomic E-state index is -4.45. The van der Waals surface area contributed by atoms with Crippen molar-refractivity contribution in [3.8, 4) is 5.75 Å². The van der Waals surface area contributed by atoms with Gasteiger partial charge >= 0.3 is 0 Å². The first-order valence-corrected chi connectivity index (χ1v) is 10.1. The number of benzene rings is 2. The lowest BCUT2D eigenvalue weighted by molar-refractivity contribution is 0.401. The zero-order chi connectivity index (χ0) is 18.1. The van der Waals surface area contributed by atoms with Crippen LogP contribution in [0, 0.1) is 0 Å². The van der Waals surface area contributed by atoms with Crippen molar-refractivity contribution in [3.63, 3.8) is 0 Å². The quantitative estimate of drug-likeness (QED) is 0.757. The summed E-state index contributed by atoms with van der Waals surface area (Å²) < 4.78 is 56.1. The monoisotopic (exact) mass is 409 g/mol. The third kappa shape index (κ3) is 3.38. The maximum absolute atomic E-state index is 12.7. The lowest BCUT2D eigenvalue weighted by atomic mass is 10.3. The lowest BCUT2D eigenvalue weighted by Crippen LogP contribution is -2.33.